The van der Waals surface area contributed by atoms with E-state index in [1.54, 1.807) is 24.3 Å². The van der Waals surface area contributed by atoms with Crippen LogP contribution < -0.4 is 0 Å². The van der Waals surface area contributed by atoms with Crippen LogP contribution in [0.25, 0.3) is 0 Å². The average Bonchev–Trinajstić information content (AvgIpc) is 2.71. The third kappa shape index (κ3) is 4.67. The van der Waals surface area contributed by atoms with Gasteiger partial charge >= 0.3 is 6.18 Å². The molecule has 0 saturated heterocycles. The number of ether oxygens (including phenoxy) is 1. The zero-order valence-electron chi connectivity index (χ0n) is 16.8. The third-order valence-corrected chi connectivity index (χ3v) is 5.54. The van der Waals surface area contributed by atoms with Gasteiger partial charge in [-0.15, -0.1) is 0 Å². The van der Waals surface area contributed by atoms with Gasteiger partial charge in [0.2, 0.25) is 0 Å². The molecule has 0 bridgehead atoms. The first-order valence-electron chi connectivity index (χ1n) is 9.83. The van der Waals surface area contributed by atoms with Crippen molar-refractivity contribution < 1.29 is 23.0 Å². The first kappa shape index (κ1) is 22.7. The van der Waals surface area contributed by atoms with Crippen LogP contribution in [0.5, 0.6) is 0 Å². The number of benzene rings is 1. The fraction of sp³-hybridized carbons (Fsp3) is 0.545. The van der Waals surface area contributed by atoms with Crippen LogP contribution >= 0.6 is 0 Å². The number of hydrogen-bond acceptors (Lipinski definition) is 3. The van der Waals surface area contributed by atoms with Crippen LogP contribution in [0.1, 0.15) is 39.2 Å². The van der Waals surface area contributed by atoms with Crippen molar-refractivity contribution in [3.05, 3.63) is 59.7 Å². The number of halogens is 3. The van der Waals surface area contributed by atoms with Crippen LogP contribution in [0, 0.1) is 0 Å². The van der Waals surface area contributed by atoms with Gasteiger partial charge in [0.25, 0.3) is 0 Å². The van der Waals surface area contributed by atoms with Gasteiger partial charge in [-0.2, -0.15) is 13.2 Å². The summed E-state index contributed by atoms with van der Waals surface area (Å²) in [6.45, 7) is 7.71. The minimum absolute atomic E-state index is 0.00850. The minimum Gasteiger partial charge on any atom is -0.380 e. The standard InChI is InChI=1S/C22H30F3NO2/c1-4-21(27,18-10-8-7-9-11-18)19-12-14-20(15-13-19,22(23,24)25)28-17-16-26(5-2)6-3/h7-14,27H,4-6,15-17H2,1-3H3. The van der Waals surface area contributed by atoms with E-state index >= 15 is 0 Å². The van der Waals surface area contributed by atoms with Crippen molar-refractivity contribution in [2.45, 2.75) is 51.0 Å². The summed E-state index contributed by atoms with van der Waals surface area (Å²) in [5.41, 5.74) is -2.55. The number of rotatable bonds is 9. The largest absolute Gasteiger partial charge is 0.421 e. The third-order valence-electron chi connectivity index (χ3n) is 5.54. The molecule has 6 heteroatoms. The van der Waals surface area contributed by atoms with E-state index in [4.69, 9.17) is 4.74 Å². The van der Waals surface area contributed by atoms with Gasteiger partial charge in [-0.05, 0) is 36.7 Å². The van der Waals surface area contributed by atoms with Crippen LogP contribution in [0.15, 0.2) is 54.1 Å². The van der Waals surface area contributed by atoms with Gasteiger partial charge in [-0.3, -0.25) is 0 Å². The lowest BCUT2D eigenvalue weighted by molar-refractivity contribution is -0.257. The van der Waals surface area contributed by atoms with Crippen LogP contribution in [0.4, 0.5) is 13.2 Å². The summed E-state index contributed by atoms with van der Waals surface area (Å²) in [4.78, 5) is 2.02. The maximum Gasteiger partial charge on any atom is 0.421 e. The topological polar surface area (TPSA) is 32.7 Å². The normalized spacial score (nSPS) is 22.2. The Morgan fingerprint density at radius 3 is 2.21 bits per heavy atom. The molecule has 0 spiro atoms. The molecule has 0 radical (unpaired) electrons. The summed E-state index contributed by atoms with van der Waals surface area (Å²) >= 11 is 0. The Bertz CT molecular complexity index is 683. The molecule has 2 unspecified atom stereocenters. The molecule has 2 atom stereocenters. The number of nitrogens with zero attached hydrogens (tertiary/aromatic N) is 1. The summed E-state index contributed by atoms with van der Waals surface area (Å²) < 4.78 is 46.9. The number of likely N-dealkylation sites (N-methyl/N-ethyl adjacent to an activating group) is 1. The second-order valence-electron chi connectivity index (χ2n) is 7.04. The molecule has 28 heavy (non-hydrogen) atoms. The average molecular weight is 397 g/mol. The van der Waals surface area contributed by atoms with E-state index in [1.807, 2.05) is 31.7 Å². The van der Waals surface area contributed by atoms with Gasteiger partial charge < -0.3 is 14.7 Å². The van der Waals surface area contributed by atoms with Gasteiger partial charge in [0.1, 0.15) is 5.60 Å². The molecule has 0 heterocycles. The van der Waals surface area contributed by atoms with Crippen molar-refractivity contribution in [3.8, 4) is 0 Å². The Kier molecular flexibility index (Phi) is 7.48. The monoisotopic (exact) mass is 397 g/mol. The van der Waals surface area contributed by atoms with Crippen LogP contribution in [-0.2, 0) is 10.3 Å². The van der Waals surface area contributed by atoms with E-state index in [0.717, 1.165) is 19.2 Å². The maximum atomic E-state index is 13.8. The molecule has 3 nitrogen and oxygen atoms in total. The second-order valence-corrected chi connectivity index (χ2v) is 7.04. The van der Waals surface area contributed by atoms with E-state index in [2.05, 4.69) is 0 Å². The van der Waals surface area contributed by atoms with E-state index in [-0.39, 0.29) is 13.0 Å². The molecule has 0 amide bonds. The molecule has 0 aliphatic heterocycles. The Labute approximate surface area is 165 Å². The molecule has 0 saturated carbocycles. The van der Waals surface area contributed by atoms with Gasteiger partial charge in [0, 0.05) is 13.0 Å². The fourth-order valence-corrected chi connectivity index (χ4v) is 3.51. The molecular formula is C22H30F3NO2. The van der Waals surface area contributed by atoms with E-state index < -0.39 is 17.4 Å². The van der Waals surface area contributed by atoms with Gasteiger partial charge in [-0.25, -0.2) is 0 Å². The molecule has 0 aromatic heterocycles. The summed E-state index contributed by atoms with van der Waals surface area (Å²) in [5, 5.41) is 11.2. The van der Waals surface area contributed by atoms with Crippen molar-refractivity contribution >= 4 is 0 Å². The molecule has 1 aromatic carbocycles. The maximum absolute atomic E-state index is 13.8. The fourth-order valence-electron chi connectivity index (χ4n) is 3.51. The van der Waals surface area contributed by atoms with Crippen molar-refractivity contribution in [3.63, 3.8) is 0 Å². The van der Waals surface area contributed by atoms with Crippen LogP contribution in [0.3, 0.4) is 0 Å². The van der Waals surface area contributed by atoms with Crippen LogP contribution in [0.2, 0.25) is 0 Å². The Morgan fingerprint density at radius 1 is 1.11 bits per heavy atom. The molecule has 1 N–H and O–H groups in total. The highest BCUT2D eigenvalue weighted by molar-refractivity contribution is 5.42. The zero-order valence-corrected chi connectivity index (χ0v) is 16.8. The summed E-state index contributed by atoms with van der Waals surface area (Å²) in [6, 6.07) is 9.01. The number of hydrogen-bond donors (Lipinski definition) is 1. The molecule has 1 aliphatic rings. The van der Waals surface area contributed by atoms with E-state index in [9.17, 15) is 18.3 Å². The number of alkyl halides is 3. The van der Waals surface area contributed by atoms with Gasteiger partial charge in [0.05, 0.1) is 6.61 Å². The van der Waals surface area contributed by atoms with Gasteiger partial charge in [0.15, 0.2) is 5.60 Å². The molecular weight excluding hydrogens is 367 g/mol. The highest BCUT2D eigenvalue weighted by Gasteiger charge is 2.55. The predicted molar refractivity (Wildman–Crippen MR) is 105 cm³/mol. The molecule has 2 rings (SSSR count). The highest BCUT2D eigenvalue weighted by atomic mass is 19.4. The molecule has 1 aromatic rings. The first-order valence-corrected chi connectivity index (χ1v) is 9.83. The van der Waals surface area contributed by atoms with Crippen molar-refractivity contribution in [2.75, 3.05) is 26.2 Å². The quantitative estimate of drug-likeness (QED) is 0.648. The zero-order chi connectivity index (χ0) is 20.8. The van der Waals surface area contributed by atoms with Crippen molar-refractivity contribution in [1.82, 2.24) is 4.90 Å². The lowest BCUT2D eigenvalue weighted by atomic mass is 9.79. The molecule has 0 fully saturated rings. The van der Waals surface area contributed by atoms with Gasteiger partial charge in [-0.1, -0.05) is 63.3 Å². The Hall–Kier alpha value is -1.63. The lowest BCUT2D eigenvalue weighted by Gasteiger charge is -2.38. The number of aliphatic hydroxyl groups is 1. The van der Waals surface area contributed by atoms with E-state index in [1.165, 1.54) is 12.2 Å². The summed E-state index contributed by atoms with van der Waals surface area (Å²) in [7, 11) is 0. The highest BCUT2D eigenvalue weighted by Crippen LogP contribution is 2.44. The molecule has 1 aliphatic carbocycles. The molecule has 156 valence electrons. The van der Waals surface area contributed by atoms with Crippen LogP contribution in [-0.4, -0.2) is 48.0 Å². The second kappa shape index (κ2) is 9.25. The van der Waals surface area contributed by atoms with Crippen molar-refractivity contribution in [1.29, 1.82) is 0 Å². The Balaban J connectivity index is 2.21. The predicted octanol–water partition coefficient (Wildman–Crippen LogP) is 4.83. The summed E-state index contributed by atoms with van der Waals surface area (Å²) in [6.07, 6.45) is -0.642. The first-order chi connectivity index (χ1) is 13.2. The Morgan fingerprint density at radius 2 is 1.75 bits per heavy atom. The van der Waals surface area contributed by atoms with Crippen molar-refractivity contribution in [2.24, 2.45) is 0 Å². The minimum atomic E-state index is -4.54. The van der Waals surface area contributed by atoms with E-state index in [0.29, 0.717) is 24.1 Å². The SMILES string of the molecule is CCN(CC)CCOC1(C(F)(F)F)C=CC(C(O)(CC)c2ccccc2)=CC1. The summed E-state index contributed by atoms with van der Waals surface area (Å²) in [5.74, 6) is 0. The lowest BCUT2D eigenvalue weighted by Crippen LogP contribution is -2.48. The smallest absolute Gasteiger partial charge is 0.380 e.